The topological polar surface area (TPSA) is 114 Å². The molecule has 3 aromatic carbocycles. The van der Waals surface area contributed by atoms with Crippen LogP contribution in [-0.4, -0.2) is 27.5 Å². The molecular weight excluding hydrogens is 466 g/mol. The second-order valence-electron chi connectivity index (χ2n) is 8.40. The number of methoxy groups -OCH3 is 1. The molecule has 35 heavy (non-hydrogen) atoms. The Morgan fingerprint density at radius 3 is 2.49 bits per heavy atom. The third-order valence-corrected chi connectivity index (χ3v) is 7.62. The number of amides is 2. The van der Waals surface area contributed by atoms with E-state index in [1.54, 1.807) is 6.07 Å². The van der Waals surface area contributed by atoms with Gasteiger partial charge in [-0.05, 0) is 47.4 Å². The molecule has 0 radical (unpaired) electrons. The molecule has 0 fully saturated rings. The van der Waals surface area contributed by atoms with E-state index in [0.29, 0.717) is 12.1 Å². The molecule has 3 N–H and O–H groups in total. The van der Waals surface area contributed by atoms with Crippen LogP contribution in [0, 0.1) is 0 Å². The van der Waals surface area contributed by atoms with Crippen molar-refractivity contribution in [1.29, 1.82) is 0 Å². The van der Waals surface area contributed by atoms with Crippen LogP contribution < -0.4 is 16.0 Å². The van der Waals surface area contributed by atoms with Crippen LogP contribution in [0.4, 0.5) is 10.5 Å². The summed E-state index contributed by atoms with van der Waals surface area (Å²) in [7, 11) is -2.69. The lowest BCUT2D eigenvalue weighted by Crippen LogP contribution is -2.31. The maximum Gasteiger partial charge on any atom is 0.339 e. The fourth-order valence-corrected chi connectivity index (χ4v) is 5.60. The number of fused-ring (bicyclic) bond motifs is 1. The fourth-order valence-electron chi connectivity index (χ4n) is 4.07. The Kier molecular flexibility index (Phi) is 7.18. The van der Waals surface area contributed by atoms with Crippen LogP contribution in [0.25, 0.3) is 0 Å². The van der Waals surface area contributed by atoms with Crippen LogP contribution in [0.15, 0.2) is 71.6 Å². The van der Waals surface area contributed by atoms with E-state index in [-0.39, 0.29) is 27.9 Å². The first kappa shape index (κ1) is 24.4. The lowest BCUT2D eigenvalue weighted by Gasteiger charge is -2.16. The summed E-state index contributed by atoms with van der Waals surface area (Å²) in [5, 5.41) is 8.71. The Morgan fingerprint density at radius 1 is 1.00 bits per heavy atom. The zero-order valence-electron chi connectivity index (χ0n) is 19.5. The zero-order chi connectivity index (χ0) is 25.0. The molecule has 0 aromatic heterocycles. The molecule has 9 heteroatoms. The Labute approximate surface area is 204 Å². The molecule has 0 saturated heterocycles. The molecule has 0 saturated carbocycles. The van der Waals surface area contributed by atoms with Crippen molar-refractivity contribution in [1.82, 2.24) is 10.6 Å². The Hall–Kier alpha value is -3.69. The number of hydrogen-bond acceptors (Lipinski definition) is 6. The van der Waals surface area contributed by atoms with E-state index >= 15 is 0 Å². The number of rotatable bonds is 7. The number of anilines is 1. The van der Waals surface area contributed by atoms with Gasteiger partial charge in [0.1, 0.15) is 0 Å². The molecule has 1 unspecified atom stereocenters. The van der Waals surface area contributed by atoms with Gasteiger partial charge >= 0.3 is 12.0 Å². The van der Waals surface area contributed by atoms with Gasteiger partial charge in [0.25, 0.3) is 0 Å². The van der Waals surface area contributed by atoms with Gasteiger partial charge in [-0.25, -0.2) is 18.0 Å². The van der Waals surface area contributed by atoms with Crippen molar-refractivity contribution in [3.63, 3.8) is 0 Å². The van der Waals surface area contributed by atoms with Crippen LogP contribution in [0.2, 0.25) is 0 Å². The molecule has 0 bridgehead atoms. The number of hydrogen-bond donors (Lipinski definition) is 3. The number of carbonyl (C=O) groups excluding carboxylic acids is 2. The van der Waals surface area contributed by atoms with Crippen molar-refractivity contribution in [3.05, 3.63) is 94.5 Å². The lowest BCUT2D eigenvalue weighted by molar-refractivity contribution is 0.0596. The van der Waals surface area contributed by atoms with Gasteiger partial charge in [0.2, 0.25) is 0 Å². The van der Waals surface area contributed by atoms with Gasteiger partial charge in [0.05, 0.1) is 29.4 Å². The van der Waals surface area contributed by atoms with Gasteiger partial charge in [0.15, 0.2) is 9.84 Å². The van der Waals surface area contributed by atoms with E-state index in [4.69, 9.17) is 4.74 Å². The maximum atomic E-state index is 13.3. The molecule has 182 valence electrons. The van der Waals surface area contributed by atoms with Crippen molar-refractivity contribution >= 4 is 27.5 Å². The average Bonchev–Trinajstić information content (AvgIpc) is 3.31. The monoisotopic (exact) mass is 493 g/mol. The highest BCUT2D eigenvalue weighted by Gasteiger charge is 2.25. The number of urea groups is 1. The van der Waals surface area contributed by atoms with Crippen LogP contribution in [-0.2, 0) is 33.4 Å². The first-order valence-electron chi connectivity index (χ1n) is 11.2. The van der Waals surface area contributed by atoms with Crippen LogP contribution in [0.5, 0.6) is 0 Å². The highest BCUT2D eigenvalue weighted by Crippen LogP contribution is 2.26. The summed E-state index contributed by atoms with van der Waals surface area (Å²) >= 11 is 0. The number of ether oxygens (including phenoxy) is 1. The molecule has 2 amide bonds. The summed E-state index contributed by atoms with van der Waals surface area (Å²) < 4.78 is 31.3. The Morgan fingerprint density at radius 2 is 1.74 bits per heavy atom. The first-order valence-corrected chi connectivity index (χ1v) is 12.8. The van der Waals surface area contributed by atoms with Gasteiger partial charge in [-0.2, -0.15) is 0 Å². The summed E-state index contributed by atoms with van der Waals surface area (Å²) in [6.45, 7) is 3.31. The van der Waals surface area contributed by atoms with Gasteiger partial charge in [-0.3, -0.25) is 0 Å². The summed E-state index contributed by atoms with van der Waals surface area (Å²) in [6.07, 6.45) is 0. The molecule has 1 aliphatic rings. The van der Waals surface area contributed by atoms with E-state index < -0.39 is 21.8 Å². The fraction of sp³-hybridized carbons (Fsp3) is 0.231. The van der Waals surface area contributed by atoms with Crippen molar-refractivity contribution in [2.75, 3.05) is 12.4 Å². The number of carbonyl (C=O) groups is 2. The third kappa shape index (κ3) is 5.70. The summed E-state index contributed by atoms with van der Waals surface area (Å²) in [5.41, 5.74) is 3.93. The molecule has 1 aliphatic heterocycles. The summed E-state index contributed by atoms with van der Waals surface area (Å²) in [5.74, 6) is -1.06. The SMILES string of the molecule is COC(=O)c1cc(NC(=O)NC(C)c2ccccc2)ccc1S(=O)(=O)Cc1ccc2c(c1)CNC2. The minimum absolute atomic E-state index is 0.135. The van der Waals surface area contributed by atoms with E-state index in [9.17, 15) is 18.0 Å². The maximum absolute atomic E-state index is 13.3. The largest absolute Gasteiger partial charge is 0.465 e. The molecule has 0 aliphatic carbocycles. The Balaban J connectivity index is 1.54. The van der Waals surface area contributed by atoms with Crippen molar-refractivity contribution < 1.29 is 22.7 Å². The molecular formula is C26H27N3O5S. The van der Waals surface area contributed by atoms with Crippen LogP contribution in [0.3, 0.4) is 0 Å². The molecule has 1 heterocycles. The predicted molar refractivity (Wildman–Crippen MR) is 133 cm³/mol. The van der Waals surface area contributed by atoms with E-state index in [1.165, 1.54) is 25.3 Å². The third-order valence-electron chi connectivity index (χ3n) is 5.88. The highest BCUT2D eigenvalue weighted by molar-refractivity contribution is 7.90. The van der Waals surface area contributed by atoms with E-state index in [0.717, 1.165) is 23.2 Å². The number of sulfone groups is 1. The predicted octanol–water partition coefficient (Wildman–Crippen LogP) is 3.93. The van der Waals surface area contributed by atoms with Crippen LogP contribution in [0.1, 0.15) is 45.6 Å². The summed E-state index contributed by atoms with van der Waals surface area (Å²) in [4.78, 5) is 24.8. The minimum atomic E-state index is -3.87. The molecule has 4 rings (SSSR count). The zero-order valence-corrected chi connectivity index (χ0v) is 20.3. The van der Waals surface area contributed by atoms with Crippen molar-refractivity contribution in [2.24, 2.45) is 0 Å². The van der Waals surface area contributed by atoms with Gasteiger partial charge in [-0.1, -0.05) is 48.5 Å². The molecule has 0 spiro atoms. The van der Waals surface area contributed by atoms with Gasteiger partial charge in [-0.15, -0.1) is 0 Å². The average molecular weight is 494 g/mol. The molecule has 8 nitrogen and oxygen atoms in total. The smallest absolute Gasteiger partial charge is 0.339 e. The standard InChI is InChI=1S/C26H27N3O5S/c1-17(19-6-4-3-5-7-19)28-26(31)29-22-10-11-24(23(13-22)25(30)34-2)35(32,33)16-18-8-9-20-14-27-15-21(20)12-18/h3-13,17,27H,14-16H2,1-2H3,(H2,28,29,31). The van der Waals surface area contributed by atoms with Crippen molar-refractivity contribution in [3.8, 4) is 0 Å². The van der Waals surface area contributed by atoms with E-state index in [1.807, 2.05) is 49.4 Å². The first-order chi connectivity index (χ1) is 16.8. The second-order valence-corrected chi connectivity index (χ2v) is 10.4. The molecule has 3 aromatic rings. The Bertz CT molecular complexity index is 1360. The second kappa shape index (κ2) is 10.3. The summed E-state index contributed by atoms with van der Waals surface area (Å²) in [6, 6.07) is 18.4. The lowest BCUT2D eigenvalue weighted by atomic mass is 10.1. The number of nitrogens with one attached hydrogen (secondary N) is 3. The normalized spacial score (nSPS) is 13.5. The van der Waals surface area contributed by atoms with Gasteiger partial charge < -0.3 is 20.7 Å². The number of benzene rings is 3. The molecule has 1 atom stereocenters. The minimum Gasteiger partial charge on any atom is -0.465 e. The van der Waals surface area contributed by atoms with Gasteiger partial charge in [0, 0.05) is 18.8 Å². The quantitative estimate of drug-likeness (QED) is 0.430. The van der Waals surface area contributed by atoms with E-state index in [2.05, 4.69) is 16.0 Å². The number of esters is 1. The highest BCUT2D eigenvalue weighted by atomic mass is 32.2. The van der Waals surface area contributed by atoms with Crippen molar-refractivity contribution in [2.45, 2.75) is 36.7 Å². The van der Waals surface area contributed by atoms with Crippen LogP contribution >= 0.6 is 0 Å².